The van der Waals surface area contributed by atoms with Crippen LogP contribution in [0.1, 0.15) is 130 Å². The summed E-state index contributed by atoms with van der Waals surface area (Å²) in [6, 6.07) is 15.6. The highest BCUT2D eigenvalue weighted by atomic mass is 16.2. The maximum absolute atomic E-state index is 14.5. The van der Waals surface area contributed by atoms with Gasteiger partial charge in [-0.05, 0) is 145 Å². The lowest BCUT2D eigenvalue weighted by Gasteiger charge is -2.36. The summed E-state index contributed by atoms with van der Waals surface area (Å²) in [6.45, 7) is 14.7. The standard InChI is InChI=1S/C56H73N9O8.C2H7N/c1-33(57-9)48(67)62-46(55(3,4)5)53(72)64-30-40(28-42(64)32-66)59-50(69)38-24-20-35(21-25-38)18-19-36-22-26-39(27-23-36)51(70)60-41-29-45(52(71)61-44-17-13-15-37-14-11-12-16-43(37)44)65(31-41)54(73)47(56(6,7)8)63-49(68)34(2)58-10;1-3-2/h11-12,14,16,20-27,32-34,40-42,44-47,57-58H,13,15,17,28-31H2,1-10H3,(H,59,69)(H,60,70)(H,61,71)(H,62,67)(H,63,68);3H,1-2H3/t33-,34?,40?,41-,42?,44+,45-,46?,47+;/m0./s1. The van der Waals surface area contributed by atoms with Crippen LogP contribution in [0.5, 0.6) is 0 Å². The number of nitrogens with one attached hydrogen (secondary N) is 8. The highest BCUT2D eigenvalue weighted by molar-refractivity contribution is 5.97. The van der Waals surface area contributed by atoms with Gasteiger partial charge in [-0.3, -0.25) is 33.6 Å². The second-order valence-electron chi connectivity index (χ2n) is 22.2. The molecule has 6 rings (SSSR count). The van der Waals surface area contributed by atoms with Gasteiger partial charge in [-0.15, -0.1) is 0 Å². The number of hydrogen-bond donors (Lipinski definition) is 8. The van der Waals surface area contributed by atoms with Crippen LogP contribution in [-0.2, 0) is 35.2 Å². The lowest BCUT2D eigenvalue weighted by atomic mass is 9.85. The van der Waals surface area contributed by atoms with Crippen molar-refractivity contribution in [2.24, 2.45) is 10.8 Å². The molecule has 7 amide bonds. The van der Waals surface area contributed by atoms with Crippen molar-refractivity contribution in [1.82, 2.24) is 52.3 Å². The first-order chi connectivity index (χ1) is 35.9. The molecule has 0 radical (unpaired) electrons. The SMILES string of the molecule is CNC.CNC(C)C(=O)N[C@H](C(=O)N1C[C@@H](NC(=O)c2ccc(C#Cc3ccc(C(=O)NC4CC(C=O)N(C(=O)C(NC(=O)[C@H](C)NC)C(C)(C)C)C4)cc3)cc2)C[C@H]1C(=O)N[C@@H]1CCCc2ccccc21)C(C)(C)C. The Bertz CT molecular complexity index is 2620. The molecule has 3 aromatic rings. The number of aldehydes is 1. The predicted molar refractivity (Wildman–Crippen MR) is 293 cm³/mol. The van der Waals surface area contributed by atoms with Crippen molar-refractivity contribution in [2.45, 2.75) is 142 Å². The molecular weight excluding hydrogens is 965 g/mol. The zero-order valence-electron chi connectivity index (χ0n) is 46.3. The predicted octanol–water partition coefficient (Wildman–Crippen LogP) is 2.99. The Labute approximate surface area is 448 Å². The van der Waals surface area contributed by atoms with Gasteiger partial charge in [0.2, 0.25) is 29.5 Å². The van der Waals surface area contributed by atoms with Crippen LogP contribution in [0.25, 0.3) is 0 Å². The van der Waals surface area contributed by atoms with E-state index < -0.39 is 71.0 Å². The Morgan fingerprint density at radius 3 is 1.53 bits per heavy atom. The molecule has 0 spiro atoms. The summed E-state index contributed by atoms with van der Waals surface area (Å²) in [4.78, 5) is 111. The normalized spacial score (nSPS) is 20.6. The number of carbonyl (C=O) groups is 8. The minimum absolute atomic E-state index is 0.0654. The fourth-order valence-corrected chi connectivity index (χ4v) is 9.47. The highest BCUT2D eigenvalue weighted by Crippen LogP contribution is 2.32. The molecule has 76 heavy (non-hydrogen) atoms. The molecule has 0 bridgehead atoms. The van der Waals surface area contributed by atoms with Crippen molar-refractivity contribution in [3.05, 3.63) is 106 Å². The molecule has 2 fully saturated rings. The number of likely N-dealkylation sites (N-methyl/N-ethyl adjacent to an activating group) is 2. The van der Waals surface area contributed by atoms with Gasteiger partial charge in [-0.25, -0.2) is 0 Å². The number of hydrogen-bond acceptors (Lipinski definition) is 11. The lowest BCUT2D eigenvalue weighted by molar-refractivity contribution is -0.144. The molecule has 4 unspecified atom stereocenters. The van der Waals surface area contributed by atoms with Crippen LogP contribution in [-0.4, -0.2) is 147 Å². The average molecular weight is 1050 g/mol. The fraction of sp³-hybridized carbons (Fsp3) is 0.517. The van der Waals surface area contributed by atoms with Crippen LogP contribution in [0.4, 0.5) is 0 Å². The summed E-state index contributed by atoms with van der Waals surface area (Å²) in [5.74, 6) is 3.63. The Hall–Kier alpha value is -6.94. The van der Waals surface area contributed by atoms with E-state index in [1.807, 2.05) is 73.8 Å². The molecule has 2 aliphatic heterocycles. The average Bonchev–Trinajstić information content (AvgIpc) is 4.02. The second-order valence-corrected chi connectivity index (χ2v) is 22.2. The number of benzene rings is 3. The number of fused-ring (bicyclic) bond motifs is 1. The zero-order valence-corrected chi connectivity index (χ0v) is 46.3. The third-order valence-corrected chi connectivity index (χ3v) is 14.1. The summed E-state index contributed by atoms with van der Waals surface area (Å²) in [5, 5.41) is 23.5. The number of nitrogens with zero attached hydrogens (tertiary/aromatic N) is 2. The number of amides is 7. The largest absolute Gasteiger partial charge is 0.347 e. The van der Waals surface area contributed by atoms with Crippen LogP contribution in [0.15, 0.2) is 72.8 Å². The van der Waals surface area contributed by atoms with Gasteiger partial charge in [0.15, 0.2) is 0 Å². The zero-order chi connectivity index (χ0) is 56.1. The topological polar surface area (TPSA) is 239 Å². The Morgan fingerprint density at radius 2 is 1.07 bits per heavy atom. The number of aryl methyl sites for hydroxylation is 1. The van der Waals surface area contributed by atoms with E-state index >= 15 is 0 Å². The van der Waals surface area contributed by atoms with E-state index in [-0.39, 0.29) is 61.5 Å². The van der Waals surface area contributed by atoms with Gasteiger partial charge in [-0.2, -0.15) is 0 Å². The van der Waals surface area contributed by atoms with Gasteiger partial charge < -0.3 is 57.1 Å². The summed E-state index contributed by atoms with van der Waals surface area (Å²) in [6.07, 6.45) is 3.70. The molecule has 2 saturated heterocycles. The van der Waals surface area contributed by atoms with Gasteiger partial charge in [-0.1, -0.05) is 77.6 Å². The van der Waals surface area contributed by atoms with Crippen molar-refractivity contribution >= 4 is 47.6 Å². The molecule has 0 saturated carbocycles. The number of likely N-dealkylation sites (tertiary alicyclic amines) is 2. The summed E-state index contributed by atoms with van der Waals surface area (Å²) < 4.78 is 0. The number of carbonyl (C=O) groups excluding carboxylic acids is 8. The first-order valence-corrected chi connectivity index (χ1v) is 26.3. The van der Waals surface area contributed by atoms with Crippen molar-refractivity contribution in [1.29, 1.82) is 0 Å². The van der Waals surface area contributed by atoms with E-state index in [0.29, 0.717) is 28.5 Å². The van der Waals surface area contributed by atoms with Crippen molar-refractivity contribution in [3.63, 3.8) is 0 Å². The lowest BCUT2D eigenvalue weighted by Crippen LogP contribution is -2.59. The van der Waals surface area contributed by atoms with E-state index in [4.69, 9.17) is 0 Å². The summed E-state index contributed by atoms with van der Waals surface area (Å²) in [7, 11) is 7.06. The van der Waals surface area contributed by atoms with E-state index in [2.05, 4.69) is 60.4 Å². The molecule has 2 heterocycles. The third-order valence-electron chi connectivity index (χ3n) is 14.1. The molecule has 8 N–H and O–H groups in total. The molecule has 18 nitrogen and oxygen atoms in total. The smallest absolute Gasteiger partial charge is 0.251 e. The Balaban J connectivity index is 0.00000347. The van der Waals surface area contributed by atoms with Gasteiger partial charge in [0.05, 0.1) is 24.2 Å². The minimum atomic E-state index is -0.947. The van der Waals surface area contributed by atoms with Crippen LogP contribution in [0.2, 0.25) is 0 Å². The molecule has 3 aliphatic rings. The fourth-order valence-electron chi connectivity index (χ4n) is 9.47. The molecule has 3 aromatic carbocycles. The van der Waals surface area contributed by atoms with E-state index in [1.54, 1.807) is 76.5 Å². The Kier molecular flexibility index (Phi) is 21.1. The van der Waals surface area contributed by atoms with Crippen LogP contribution in [0, 0.1) is 22.7 Å². The van der Waals surface area contributed by atoms with Gasteiger partial charge in [0, 0.05) is 47.4 Å². The Morgan fingerprint density at radius 1 is 0.618 bits per heavy atom. The highest BCUT2D eigenvalue weighted by Gasteiger charge is 2.47. The molecular formula is C58H80N10O8. The molecule has 18 heteroatoms. The van der Waals surface area contributed by atoms with Crippen molar-refractivity contribution in [3.8, 4) is 11.8 Å². The monoisotopic (exact) mass is 1040 g/mol. The first kappa shape index (κ1) is 59.9. The second kappa shape index (κ2) is 26.7. The van der Waals surface area contributed by atoms with Crippen LogP contribution in [0.3, 0.4) is 0 Å². The van der Waals surface area contributed by atoms with E-state index in [1.165, 1.54) is 15.4 Å². The van der Waals surface area contributed by atoms with Gasteiger partial charge in [0.1, 0.15) is 24.4 Å². The number of rotatable bonds is 15. The maximum atomic E-state index is 14.5. The summed E-state index contributed by atoms with van der Waals surface area (Å²) in [5.41, 5.74) is 2.89. The van der Waals surface area contributed by atoms with Crippen LogP contribution >= 0.6 is 0 Å². The maximum Gasteiger partial charge on any atom is 0.251 e. The summed E-state index contributed by atoms with van der Waals surface area (Å²) >= 11 is 0. The third kappa shape index (κ3) is 15.6. The first-order valence-electron chi connectivity index (χ1n) is 26.3. The van der Waals surface area contributed by atoms with Crippen LogP contribution < -0.4 is 42.5 Å². The molecule has 1 aliphatic carbocycles. The van der Waals surface area contributed by atoms with E-state index in [0.717, 1.165) is 24.8 Å². The van der Waals surface area contributed by atoms with E-state index in [9.17, 15) is 38.4 Å². The molecule has 9 atom stereocenters. The van der Waals surface area contributed by atoms with Crippen molar-refractivity contribution in [2.75, 3.05) is 41.3 Å². The quantitative estimate of drug-likeness (QED) is 0.0814. The minimum Gasteiger partial charge on any atom is -0.347 e. The molecule has 0 aromatic heterocycles. The van der Waals surface area contributed by atoms with Gasteiger partial charge >= 0.3 is 0 Å². The van der Waals surface area contributed by atoms with Gasteiger partial charge in [0.25, 0.3) is 11.8 Å². The van der Waals surface area contributed by atoms with Crippen molar-refractivity contribution < 1.29 is 38.4 Å². The molecule has 410 valence electrons.